The number of amides is 1. The van der Waals surface area contributed by atoms with Crippen LogP contribution < -0.4 is 10.9 Å². The number of nitrogens with zero attached hydrogens (tertiary/aromatic N) is 2. The van der Waals surface area contributed by atoms with Crippen LogP contribution in [0, 0.1) is 0 Å². The lowest BCUT2D eigenvalue weighted by Crippen LogP contribution is -2.35. The van der Waals surface area contributed by atoms with Crippen LogP contribution >= 0.6 is 0 Å². The molecule has 1 heterocycles. The van der Waals surface area contributed by atoms with Gasteiger partial charge in [0.15, 0.2) is 11.5 Å². The highest BCUT2D eigenvalue weighted by molar-refractivity contribution is 5.77. The Morgan fingerprint density at radius 1 is 1.25 bits per heavy atom. The molecule has 1 atom stereocenters. The highest BCUT2D eigenvalue weighted by atomic mass is 19.4. The molecule has 1 aromatic carbocycles. The van der Waals surface area contributed by atoms with E-state index in [0.29, 0.717) is 5.56 Å². The molecule has 2 aromatic rings. The summed E-state index contributed by atoms with van der Waals surface area (Å²) in [7, 11) is 0. The average molecular weight is 340 g/mol. The fourth-order valence-corrected chi connectivity index (χ4v) is 2.09. The zero-order chi connectivity index (χ0) is 17.7. The van der Waals surface area contributed by atoms with E-state index in [-0.39, 0.29) is 17.9 Å². The van der Waals surface area contributed by atoms with Gasteiger partial charge in [-0.1, -0.05) is 37.3 Å². The number of nitrogens with one attached hydrogen (secondary N) is 2. The first-order valence-corrected chi connectivity index (χ1v) is 7.18. The van der Waals surface area contributed by atoms with Crippen molar-refractivity contribution in [1.29, 1.82) is 0 Å². The largest absolute Gasteiger partial charge is 0.397 e. The average Bonchev–Trinajstić information content (AvgIpc) is 2.52. The minimum Gasteiger partial charge on any atom is -0.347 e. The monoisotopic (exact) mass is 340 g/mol. The summed E-state index contributed by atoms with van der Waals surface area (Å²) < 4.78 is 36.7. The molecule has 0 aliphatic carbocycles. The molecule has 1 unspecified atom stereocenters. The number of aromatic amines is 1. The number of hydrogen-bond acceptors (Lipinski definition) is 4. The number of hydrogen-bond donors (Lipinski definition) is 2. The van der Waals surface area contributed by atoms with Crippen LogP contribution in [-0.2, 0) is 4.79 Å². The topological polar surface area (TPSA) is 87.7 Å². The number of carbonyl (C=O) groups is 1. The van der Waals surface area contributed by atoms with Gasteiger partial charge >= 0.3 is 6.18 Å². The smallest absolute Gasteiger partial charge is 0.347 e. The first kappa shape index (κ1) is 17.6. The Balaban J connectivity index is 2.21. The van der Waals surface area contributed by atoms with E-state index < -0.39 is 30.1 Å². The number of benzene rings is 1. The summed E-state index contributed by atoms with van der Waals surface area (Å²) in [6.45, 7) is 1.62. The number of H-pyrrole nitrogens is 1. The van der Waals surface area contributed by atoms with Gasteiger partial charge in [-0.05, 0) is 6.42 Å². The Labute approximate surface area is 135 Å². The molecule has 6 nitrogen and oxygen atoms in total. The van der Waals surface area contributed by atoms with Crippen LogP contribution in [-0.4, -0.2) is 27.3 Å². The quantitative estimate of drug-likeness (QED) is 0.875. The molecule has 0 saturated heterocycles. The lowest BCUT2D eigenvalue weighted by Gasteiger charge is -2.16. The highest BCUT2D eigenvalue weighted by Gasteiger charge is 2.32. The third-order valence-electron chi connectivity index (χ3n) is 3.20. The van der Waals surface area contributed by atoms with Crippen molar-refractivity contribution < 1.29 is 18.0 Å². The van der Waals surface area contributed by atoms with Gasteiger partial charge in [-0.25, -0.2) is 0 Å². The molecule has 0 spiro atoms. The Hall–Kier alpha value is -2.71. The SMILES string of the molecule is CCC(NC(=O)CC(F)(F)F)c1nnc(-c2ccccc2)[nH]c1=O. The summed E-state index contributed by atoms with van der Waals surface area (Å²) >= 11 is 0. The van der Waals surface area contributed by atoms with Gasteiger partial charge in [-0.15, -0.1) is 10.2 Å². The van der Waals surface area contributed by atoms with Gasteiger partial charge in [0.25, 0.3) is 5.56 Å². The van der Waals surface area contributed by atoms with Gasteiger partial charge in [-0.3, -0.25) is 9.59 Å². The van der Waals surface area contributed by atoms with Crippen LogP contribution in [0.5, 0.6) is 0 Å². The first-order valence-electron chi connectivity index (χ1n) is 7.18. The molecule has 1 aromatic heterocycles. The lowest BCUT2D eigenvalue weighted by molar-refractivity contribution is -0.154. The summed E-state index contributed by atoms with van der Waals surface area (Å²) in [6, 6.07) is 7.82. The molecule has 0 saturated carbocycles. The molecule has 2 rings (SSSR count). The van der Waals surface area contributed by atoms with Crippen LogP contribution in [0.1, 0.15) is 31.5 Å². The number of rotatable bonds is 5. The Morgan fingerprint density at radius 2 is 1.92 bits per heavy atom. The van der Waals surface area contributed by atoms with Crippen molar-refractivity contribution in [3.05, 3.63) is 46.4 Å². The molecule has 128 valence electrons. The predicted octanol–water partition coefficient (Wildman–Crippen LogP) is 2.35. The van der Waals surface area contributed by atoms with Crippen molar-refractivity contribution in [2.45, 2.75) is 32.0 Å². The normalized spacial score (nSPS) is 12.7. The standard InChI is InChI=1S/C15H15F3N4O2/c1-2-10(19-11(23)8-15(16,17)18)12-14(24)20-13(22-21-12)9-6-4-3-5-7-9/h3-7,10H,2,8H2,1H3,(H,19,23)(H,20,22,24). The van der Waals surface area contributed by atoms with Crippen LogP contribution in [0.4, 0.5) is 13.2 Å². The van der Waals surface area contributed by atoms with Crippen LogP contribution in [0.2, 0.25) is 0 Å². The fraction of sp³-hybridized carbons (Fsp3) is 0.333. The Kier molecular flexibility index (Phi) is 5.32. The van der Waals surface area contributed by atoms with Gasteiger partial charge in [0.1, 0.15) is 6.42 Å². The molecule has 1 amide bonds. The molecule has 0 fully saturated rings. The van der Waals surface area contributed by atoms with E-state index in [9.17, 15) is 22.8 Å². The van der Waals surface area contributed by atoms with Crippen LogP contribution in [0.15, 0.2) is 35.1 Å². The maximum Gasteiger partial charge on any atom is 0.397 e. The lowest BCUT2D eigenvalue weighted by atomic mass is 10.1. The number of aromatic nitrogens is 3. The van der Waals surface area contributed by atoms with Gasteiger partial charge in [-0.2, -0.15) is 13.2 Å². The van der Waals surface area contributed by atoms with Crippen molar-refractivity contribution >= 4 is 5.91 Å². The van der Waals surface area contributed by atoms with E-state index in [0.717, 1.165) is 0 Å². The number of halogens is 3. The third kappa shape index (κ3) is 4.64. The molecule has 2 N–H and O–H groups in total. The Bertz CT molecular complexity index is 759. The molecule has 0 aliphatic rings. The summed E-state index contributed by atoms with van der Waals surface area (Å²) in [5.41, 5.74) is -0.0986. The summed E-state index contributed by atoms with van der Waals surface area (Å²) in [4.78, 5) is 26.1. The van der Waals surface area contributed by atoms with E-state index in [1.54, 1.807) is 37.3 Å². The van der Waals surface area contributed by atoms with E-state index in [1.807, 2.05) is 0 Å². The molecular formula is C15H15F3N4O2. The van der Waals surface area contributed by atoms with Gasteiger partial charge in [0.05, 0.1) is 6.04 Å². The molecule has 0 radical (unpaired) electrons. The molecule has 24 heavy (non-hydrogen) atoms. The second kappa shape index (κ2) is 7.24. The second-order valence-electron chi connectivity index (χ2n) is 5.07. The number of carbonyl (C=O) groups excluding carboxylic acids is 1. The summed E-state index contributed by atoms with van der Waals surface area (Å²) in [5.74, 6) is -0.983. The van der Waals surface area contributed by atoms with Crippen molar-refractivity contribution in [3.8, 4) is 11.4 Å². The molecule has 9 heteroatoms. The minimum atomic E-state index is -4.61. The van der Waals surface area contributed by atoms with Crippen molar-refractivity contribution in [2.24, 2.45) is 0 Å². The van der Waals surface area contributed by atoms with Crippen molar-refractivity contribution in [2.75, 3.05) is 0 Å². The van der Waals surface area contributed by atoms with E-state index in [2.05, 4.69) is 20.5 Å². The van der Waals surface area contributed by atoms with E-state index >= 15 is 0 Å². The maximum atomic E-state index is 12.2. The van der Waals surface area contributed by atoms with Crippen LogP contribution in [0.25, 0.3) is 11.4 Å². The molecule has 0 aliphatic heterocycles. The first-order chi connectivity index (χ1) is 11.3. The summed E-state index contributed by atoms with van der Waals surface area (Å²) in [5, 5.41) is 9.83. The number of alkyl halides is 3. The van der Waals surface area contributed by atoms with Gasteiger partial charge in [0, 0.05) is 5.56 Å². The molecular weight excluding hydrogens is 325 g/mol. The zero-order valence-electron chi connectivity index (χ0n) is 12.7. The fourth-order valence-electron chi connectivity index (χ4n) is 2.09. The maximum absolute atomic E-state index is 12.2. The van der Waals surface area contributed by atoms with Crippen molar-refractivity contribution in [3.63, 3.8) is 0 Å². The predicted molar refractivity (Wildman–Crippen MR) is 79.9 cm³/mol. The minimum absolute atomic E-state index is 0.132. The van der Waals surface area contributed by atoms with Gasteiger partial charge in [0.2, 0.25) is 5.91 Å². The van der Waals surface area contributed by atoms with Gasteiger partial charge < -0.3 is 10.3 Å². The highest BCUT2D eigenvalue weighted by Crippen LogP contribution is 2.20. The zero-order valence-corrected chi connectivity index (χ0v) is 12.7. The third-order valence-corrected chi connectivity index (χ3v) is 3.20. The van der Waals surface area contributed by atoms with Crippen molar-refractivity contribution in [1.82, 2.24) is 20.5 Å². The second-order valence-corrected chi connectivity index (χ2v) is 5.07. The summed E-state index contributed by atoms with van der Waals surface area (Å²) in [6.07, 6.45) is -6.03. The Morgan fingerprint density at radius 3 is 2.46 bits per heavy atom. The van der Waals surface area contributed by atoms with E-state index in [1.165, 1.54) is 0 Å². The van der Waals surface area contributed by atoms with E-state index in [4.69, 9.17) is 0 Å². The van der Waals surface area contributed by atoms with Crippen LogP contribution in [0.3, 0.4) is 0 Å². The molecule has 0 bridgehead atoms.